The third-order valence-electron chi connectivity index (χ3n) is 3.03. The predicted molar refractivity (Wildman–Crippen MR) is 57.6 cm³/mol. The number of urea groups is 1. The van der Waals surface area contributed by atoms with E-state index in [1.54, 1.807) is 0 Å². The van der Waals surface area contributed by atoms with Crippen molar-refractivity contribution in [1.29, 1.82) is 0 Å². The zero-order valence-electron chi connectivity index (χ0n) is 9.79. The maximum Gasteiger partial charge on any atom is 0.325 e. The fraction of sp³-hybridized carbons (Fsp3) is 0.700. The molecule has 1 aliphatic heterocycles. The van der Waals surface area contributed by atoms with Crippen molar-refractivity contribution in [3.63, 3.8) is 0 Å². The minimum atomic E-state index is -0.828. The van der Waals surface area contributed by atoms with Crippen LogP contribution in [-0.4, -0.2) is 41.9 Å². The highest BCUT2D eigenvalue weighted by molar-refractivity contribution is 6.08. The Bertz CT molecular complexity index is 323. The molecule has 0 aromatic heterocycles. The molecule has 1 saturated heterocycles. The number of amides is 4. The van der Waals surface area contributed by atoms with Crippen LogP contribution in [0.15, 0.2) is 0 Å². The molecule has 0 bridgehead atoms. The first-order valence-corrected chi connectivity index (χ1v) is 5.35. The highest BCUT2D eigenvalue weighted by Gasteiger charge is 2.48. The highest BCUT2D eigenvalue weighted by atomic mass is 16.2. The van der Waals surface area contributed by atoms with E-state index in [-0.39, 0.29) is 18.4 Å². The SMILES string of the molecule is CCC1(CC)NC(=O)N(CC(=O)NC)C1=O. The van der Waals surface area contributed by atoms with Crippen molar-refractivity contribution in [3.05, 3.63) is 0 Å². The zero-order chi connectivity index (χ0) is 12.3. The summed E-state index contributed by atoms with van der Waals surface area (Å²) < 4.78 is 0. The topological polar surface area (TPSA) is 78.5 Å². The maximum absolute atomic E-state index is 12.0. The van der Waals surface area contributed by atoms with Crippen LogP contribution in [0.5, 0.6) is 0 Å². The van der Waals surface area contributed by atoms with E-state index in [4.69, 9.17) is 0 Å². The third kappa shape index (κ3) is 1.87. The number of nitrogens with one attached hydrogen (secondary N) is 2. The molecule has 0 radical (unpaired) electrons. The molecular formula is C10H17N3O3. The summed E-state index contributed by atoms with van der Waals surface area (Å²) in [5.41, 5.74) is -0.828. The number of likely N-dealkylation sites (N-methyl/N-ethyl adjacent to an activating group) is 1. The average molecular weight is 227 g/mol. The van der Waals surface area contributed by atoms with E-state index in [1.165, 1.54) is 7.05 Å². The standard InChI is InChI=1S/C10H17N3O3/c1-4-10(5-2)8(15)13(9(16)12-10)6-7(14)11-3/h4-6H2,1-3H3,(H,11,14)(H,12,16). The Morgan fingerprint density at radius 1 is 1.38 bits per heavy atom. The van der Waals surface area contributed by atoms with Gasteiger partial charge in [0.2, 0.25) is 5.91 Å². The molecular weight excluding hydrogens is 210 g/mol. The molecule has 1 heterocycles. The van der Waals surface area contributed by atoms with E-state index in [0.717, 1.165) is 4.90 Å². The predicted octanol–water partition coefficient (Wildman–Crippen LogP) is -0.157. The Kier molecular flexibility index (Phi) is 3.51. The number of nitrogens with zero attached hydrogens (tertiary/aromatic N) is 1. The van der Waals surface area contributed by atoms with Crippen LogP contribution in [0.3, 0.4) is 0 Å². The maximum atomic E-state index is 12.0. The van der Waals surface area contributed by atoms with Crippen LogP contribution >= 0.6 is 0 Å². The van der Waals surface area contributed by atoms with Gasteiger partial charge in [-0.3, -0.25) is 14.5 Å². The lowest BCUT2D eigenvalue weighted by Crippen LogP contribution is -2.46. The molecule has 1 rings (SSSR count). The molecule has 4 amide bonds. The van der Waals surface area contributed by atoms with Gasteiger partial charge in [0.25, 0.3) is 5.91 Å². The van der Waals surface area contributed by atoms with Crippen molar-refractivity contribution < 1.29 is 14.4 Å². The summed E-state index contributed by atoms with van der Waals surface area (Å²) in [5.74, 6) is -0.669. The van der Waals surface area contributed by atoms with Gasteiger partial charge < -0.3 is 10.6 Å². The molecule has 0 aliphatic carbocycles. The largest absolute Gasteiger partial charge is 0.358 e. The lowest BCUT2D eigenvalue weighted by atomic mass is 9.93. The van der Waals surface area contributed by atoms with Gasteiger partial charge >= 0.3 is 6.03 Å². The minimum absolute atomic E-state index is 0.219. The molecule has 1 fully saturated rings. The first kappa shape index (κ1) is 12.5. The molecule has 1 aliphatic rings. The summed E-state index contributed by atoms with van der Waals surface area (Å²) >= 11 is 0. The molecule has 6 nitrogen and oxygen atoms in total. The molecule has 0 aromatic carbocycles. The molecule has 0 aromatic rings. The number of rotatable bonds is 4. The van der Waals surface area contributed by atoms with Crippen molar-refractivity contribution in [2.75, 3.05) is 13.6 Å². The van der Waals surface area contributed by atoms with Crippen LogP contribution in [-0.2, 0) is 9.59 Å². The molecule has 6 heteroatoms. The molecule has 0 spiro atoms. The number of hydrogen-bond acceptors (Lipinski definition) is 3. The van der Waals surface area contributed by atoms with Crippen LogP contribution in [0.4, 0.5) is 4.79 Å². The van der Waals surface area contributed by atoms with Gasteiger partial charge in [-0.25, -0.2) is 4.79 Å². The summed E-state index contributed by atoms with van der Waals surface area (Å²) in [6.45, 7) is 3.46. The second kappa shape index (κ2) is 4.51. The van der Waals surface area contributed by atoms with E-state index in [1.807, 2.05) is 13.8 Å². The smallest absolute Gasteiger partial charge is 0.325 e. The first-order valence-electron chi connectivity index (χ1n) is 5.35. The summed E-state index contributed by atoms with van der Waals surface area (Å²) in [7, 11) is 1.47. The Morgan fingerprint density at radius 3 is 2.31 bits per heavy atom. The highest BCUT2D eigenvalue weighted by Crippen LogP contribution is 2.24. The van der Waals surface area contributed by atoms with Crippen molar-refractivity contribution in [1.82, 2.24) is 15.5 Å². The van der Waals surface area contributed by atoms with Gasteiger partial charge in [-0.05, 0) is 12.8 Å². The molecule has 16 heavy (non-hydrogen) atoms. The second-order valence-electron chi connectivity index (χ2n) is 3.78. The molecule has 2 N–H and O–H groups in total. The average Bonchev–Trinajstić information content (AvgIpc) is 2.53. The normalized spacial score (nSPS) is 18.6. The fourth-order valence-electron chi connectivity index (χ4n) is 1.77. The first-order chi connectivity index (χ1) is 7.50. The number of imide groups is 1. The van der Waals surface area contributed by atoms with Gasteiger partial charge in [-0.2, -0.15) is 0 Å². The van der Waals surface area contributed by atoms with Crippen molar-refractivity contribution in [2.45, 2.75) is 32.2 Å². The van der Waals surface area contributed by atoms with E-state index < -0.39 is 11.6 Å². The number of hydrogen-bond donors (Lipinski definition) is 2. The van der Waals surface area contributed by atoms with Crippen molar-refractivity contribution >= 4 is 17.8 Å². The lowest BCUT2D eigenvalue weighted by molar-refractivity contribution is -0.135. The lowest BCUT2D eigenvalue weighted by Gasteiger charge is -2.22. The molecule has 0 atom stereocenters. The summed E-state index contributed by atoms with van der Waals surface area (Å²) in [6, 6.07) is -0.489. The van der Waals surface area contributed by atoms with Gasteiger partial charge in [0, 0.05) is 7.05 Å². The van der Waals surface area contributed by atoms with Gasteiger partial charge in [0.05, 0.1) is 0 Å². The van der Waals surface area contributed by atoms with E-state index in [2.05, 4.69) is 10.6 Å². The molecule has 0 saturated carbocycles. The van der Waals surface area contributed by atoms with E-state index in [9.17, 15) is 14.4 Å². The Labute approximate surface area is 94.4 Å². The van der Waals surface area contributed by atoms with Gasteiger partial charge in [-0.15, -0.1) is 0 Å². The third-order valence-corrected chi connectivity index (χ3v) is 3.03. The quantitative estimate of drug-likeness (QED) is 0.655. The van der Waals surface area contributed by atoms with Crippen LogP contribution in [0.25, 0.3) is 0 Å². The van der Waals surface area contributed by atoms with Crippen LogP contribution < -0.4 is 10.6 Å². The van der Waals surface area contributed by atoms with Crippen LogP contribution in [0.2, 0.25) is 0 Å². The number of carbonyl (C=O) groups excluding carboxylic acids is 3. The molecule has 0 unspecified atom stereocenters. The van der Waals surface area contributed by atoms with Crippen LogP contribution in [0.1, 0.15) is 26.7 Å². The Balaban J connectivity index is 2.86. The monoisotopic (exact) mass is 227 g/mol. The van der Waals surface area contributed by atoms with E-state index >= 15 is 0 Å². The Morgan fingerprint density at radius 2 is 1.94 bits per heavy atom. The number of carbonyl (C=O) groups is 3. The van der Waals surface area contributed by atoms with Gasteiger partial charge in [0.1, 0.15) is 12.1 Å². The van der Waals surface area contributed by atoms with Crippen LogP contribution in [0, 0.1) is 0 Å². The van der Waals surface area contributed by atoms with Crippen molar-refractivity contribution in [2.24, 2.45) is 0 Å². The Hall–Kier alpha value is -1.59. The van der Waals surface area contributed by atoms with Gasteiger partial charge in [-0.1, -0.05) is 13.8 Å². The second-order valence-corrected chi connectivity index (χ2v) is 3.78. The zero-order valence-corrected chi connectivity index (χ0v) is 9.79. The summed E-state index contributed by atoms with van der Waals surface area (Å²) in [6.07, 6.45) is 1.05. The summed E-state index contributed by atoms with van der Waals surface area (Å²) in [5, 5.41) is 5.04. The summed E-state index contributed by atoms with van der Waals surface area (Å²) in [4.78, 5) is 35.7. The minimum Gasteiger partial charge on any atom is -0.358 e. The fourth-order valence-corrected chi connectivity index (χ4v) is 1.77. The van der Waals surface area contributed by atoms with Gasteiger partial charge in [0.15, 0.2) is 0 Å². The van der Waals surface area contributed by atoms with E-state index in [0.29, 0.717) is 12.8 Å². The van der Waals surface area contributed by atoms with Crippen molar-refractivity contribution in [3.8, 4) is 0 Å². The molecule has 90 valence electrons.